The maximum absolute atomic E-state index is 15.0. The number of nitrogens with zero attached hydrogens (tertiary/aromatic N) is 5. The molecule has 3 aromatic heterocycles. The minimum Gasteiger partial charge on any atom is -0.457 e. The molecular weight excluding hydrogens is 425 g/mol. The highest BCUT2D eigenvalue weighted by Crippen LogP contribution is 2.32. The molecule has 170 valence electrons. The lowest BCUT2D eigenvalue weighted by Gasteiger charge is -2.13. The molecule has 0 bridgehead atoms. The molecule has 2 amide bonds. The van der Waals surface area contributed by atoms with Crippen molar-refractivity contribution < 1.29 is 13.9 Å². The normalized spacial score (nSPS) is 11.0. The van der Waals surface area contributed by atoms with Crippen LogP contribution in [0.5, 0.6) is 11.5 Å². The second-order valence-electron chi connectivity index (χ2n) is 7.81. The lowest BCUT2D eigenvalue weighted by Crippen LogP contribution is -2.20. The molecule has 0 aliphatic rings. The van der Waals surface area contributed by atoms with Crippen molar-refractivity contribution in [3.8, 4) is 22.8 Å². The maximum Gasteiger partial charge on any atom is 0.323 e. The zero-order chi connectivity index (χ0) is 23.5. The van der Waals surface area contributed by atoms with Crippen LogP contribution in [-0.2, 0) is 7.05 Å². The summed E-state index contributed by atoms with van der Waals surface area (Å²) in [5, 5.41) is 13.5. The van der Waals surface area contributed by atoms with Gasteiger partial charge in [0.25, 0.3) is 0 Å². The van der Waals surface area contributed by atoms with Crippen molar-refractivity contribution in [3.63, 3.8) is 0 Å². The predicted molar refractivity (Wildman–Crippen MR) is 123 cm³/mol. The van der Waals surface area contributed by atoms with E-state index in [-0.39, 0.29) is 17.3 Å². The first-order valence-corrected chi connectivity index (χ1v) is 10.3. The number of amides is 2. The van der Waals surface area contributed by atoms with E-state index in [1.54, 1.807) is 53.1 Å². The number of pyridine rings is 1. The van der Waals surface area contributed by atoms with Gasteiger partial charge in [-0.3, -0.25) is 14.3 Å². The first kappa shape index (κ1) is 22.0. The highest BCUT2D eigenvalue weighted by molar-refractivity contribution is 5.99. The number of hydrogen-bond acceptors (Lipinski definition) is 5. The first-order valence-electron chi connectivity index (χ1n) is 10.3. The van der Waals surface area contributed by atoms with Crippen LogP contribution in [0.15, 0.2) is 55.2 Å². The third-order valence-corrected chi connectivity index (χ3v) is 4.93. The second kappa shape index (κ2) is 9.11. The van der Waals surface area contributed by atoms with Gasteiger partial charge in [0, 0.05) is 48.9 Å². The lowest BCUT2D eigenvalue weighted by atomic mass is 10.1. The summed E-state index contributed by atoms with van der Waals surface area (Å²) in [5.41, 5.74) is 2.35. The first-order chi connectivity index (χ1) is 15.8. The molecule has 0 saturated heterocycles. The maximum atomic E-state index is 15.0. The van der Waals surface area contributed by atoms with E-state index in [1.807, 2.05) is 27.1 Å². The fourth-order valence-electron chi connectivity index (χ4n) is 3.16. The standard InChI is InChI=1S/C23H24FN7O2/c1-14(2)31-13-17(11-27-31)28-23(32)29-19-5-6-21(15(3)22(19)24)33-18-7-8-25-20(9-18)16-10-26-30(4)12-16/h5-14H,1-4H3,(H2,28,29,32). The molecule has 1 aromatic carbocycles. The number of aryl methyl sites for hydroxylation is 1. The zero-order valence-corrected chi connectivity index (χ0v) is 18.7. The van der Waals surface area contributed by atoms with Crippen molar-refractivity contribution in [2.45, 2.75) is 26.8 Å². The SMILES string of the molecule is Cc1c(Oc2ccnc(-c3cnn(C)c3)c2)ccc(NC(=O)Nc2cnn(C(C)C)c2)c1F. The van der Waals surface area contributed by atoms with E-state index in [1.165, 1.54) is 12.3 Å². The van der Waals surface area contributed by atoms with Crippen LogP contribution < -0.4 is 15.4 Å². The summed E-state index contributed by atoms with van der Waals surface area (Å²) in [6.45, 7) is 5.54. The van der Waals surface area contributed by atoms with Crippen molar-refractivity contribution in [2.24, 2.45) is 7.05 Å². The van der Waals surface area contributed by atoms with E-state index in [4.69, 9.17) is 4.74 Å². The molecule has 0 spiro atoms. The Balaban J connectivity index is 1.46. The van der Waals surface area contributed by atoms with Crippen molar-refractivity contribution in [2.75, 3.05) is 10.6 Å². The van der Waals surface area contributed by atoms with Crippen molar-refractivity contribution in [3.05, 3.63) is 66.6 Å². The number of aromatic nitrogens is 5. The highest BCUT2D eigenvalue weighted by atomic mass is 19.1. The number of carbonyl (C=O) groups excluding carboxylic acids is 1. The number of carbonyl (C=O) groups is 1. The van der Waals surface area contributed by atoms with E-state index in [9.17, 15) is 9.18 Å². The van der Waals surface area contributed by atoms with Gasteiger partial charge >= 0.3 is 6.03 Å². The number of nitrogens with one attached hydrogen (secondary N) is 2. The fraction of sp³-hybridized carbons (Fsp3) is 0.217. The number of halogens is 1. The Kier molecular flexibility index (Phi) is 6.07. The van der Waals surface area contributed by atoms with Crippen molar-refractivity contribution in [1.82, 2.24) is 24.5 Å². The summed E-state index contributed by atoms with van der Waals surface area (Å²) in [7, 11) is 1.82. The minimum absolute atomic E-state index is 0.0411. The lowest BCUT2D eigenvalue weighted by molar-refractivity contribution is 0.262. The van der Waals surface area contributed by atoms with Crippen LogP contribution in [0, 0.1) is 12.7 Å². The molecule has 0 aliphatic heterocycles. The fourth-order valence-corrected chi connectivity index (χ4v) is 3.16. The monoisotopic (exact) mass is 449 g/mol. The van der Waals surface area contributed by atoms with Gasteiger partial charge in [0.2, 0.25) is 0 Å². The van der Waals surface area contributed by atoms with Gasteiger partial charge in [-0.25, -0.2) is 9.18 Å². The van der Waals surface area contributed by atoms with Gasteiger partial charge in [-0.15, -0.1) is 0 Å². The minimum atomic E-state index is -0.581. The Morgan fingerprint density at radius 1 is 1.12 bits per heavy atom. The third-order valence-electron chi connectivity index (χ3n) is 4.93. The van der Waals surface area contributed by atoms with Crippen molar-refractivity contribution in [1.29, 1.82) is 0 Å². The van der Waals surface area contributed by atoms with Crippen LogP contribution in [0.1, 0.15) is 25.5 Å². The molecule has 33 heavy (non-hydrogen) atoms. The molecular formula is C23H24FN7O2. The average Bonchev–Trinajstić information content (AvgIpc) is 3.43. The van der Waals surface area contributed by atoms with Crippen LogP contribution in [-0.4, -0.2) is 30.6 Å². The molecule has 0 saturated carbocycles. The molecule has 0 unspecified atom stereocenters. The number of hydrogen-bond donors (Lipinski definition) is 2. The Morgan fingerprint density at radius 2 is 1.94 bits per heavy atom. The van der Waals surface area contributed by atoms with Gasteiger partial charge in [0.05, 0.1) is 29.5 Å². The topological polar surface area (TPSA) is 98.9 Å². The molecule has 0 fully saturated rings. The number of ether oxygens (including phenoxy) is 1. The number of benzene rings is 1. The number of rotatable bonds is 6. The predicted octanol–water partition coefficient (Wildman–Crippen LogP) is 5.14. The van der Waals surface area contributed by atoms with Crippen molar-refractivity contribution >= 4 is 17.4 Å². The largest absolute Gasteiger partial charge is 0.457 e. The molecule has 0 aliphatic carbocycles. The Morgan fingerprint density at radius 3 is 2.64 bits per heavy atom. The molecule has 10 heteroatoms. The quantitative estimate of drug-likeness (QED) is 0.424. The summed E-state index contributed by atoms with van der Waals surface area (Å²) in [6.07, 6.45) is 8.40. The van der Waals surface area contributed by atoms with Gasteiger partial charge in [-0.1, -0.05) is 0 Å². The molecule has 4 aromatic rings. The van der Waals surface area contributed by atoms with Crippen LogP contribution in [0.3, 0.4) is 0 Å². The van der Waals surface area contributed by atoms with Crippen LogP contribution >= 0.6 is 0 Å². The van der Waals surface area contributed by atoms with Gasteiger partial charge in [0.15, 0.2) is 5.82 Å². The molecule has 0 radical (unpaired) electrons. The molecule has 0 atom stereocenters. The molecule has 4 rings (SSSR count). The highest BCUT2D eigenvalue weighted by Gasteiger charge is 2.15. The summed E-state index contributed by atoms with van der Waals surface area (Å²) in [6, 6.07) is 6.10. The van der Waals surface area contributed by atoms with E-state index >= 15 is 0 Å². The van der Waals surface area contributed by atoms with E-state index < -0.39 is 11.8 Å². The third kappa shape index (κ3) is 5.00. The summed E-state index contributed by atoms with van der Waals surface area (Å²) in [4.78, 5) is 16.6. The molecule has 9 nitrogen and oxygen atoms in total. The summed E-state index contributed by atoms with van der Waals surface area (Å²) in [5.74, 6) is 0.258. The Labute approximate surface area is 190 Å². The summed E-state index contributed by atoms with van der Waals surface area (Å²) < 4.78 is 24.2. The van der Waals surface area contributed by atoms with Gasteiger partial charge in [-0.2, -0.15) is 10.2 Å². The Hall–Kier alpha value is -4.21. The summed E-state index contributed by atoms with van der Waals surface area (Å²) >= 11 is 0. The van der Waals surface area contributed by atoms with Crippen LogP contribution in [0.4, 0.5) is 20.6 Å². The average molecular weight is 449 g/mol. The van der Waals surface area contributed by atoms with Gasteiger partial charge in [-0.05, 0) is 39.0 Å². The smallest absolute Gasteiger partial charge is 0.323 e. The Bertz CT molecular complexity index is 1300. The molecule has 2 N–H and O–H groups in total. The van der Waals surface area contributed by atoms with Crippen LogP contribution in [0.25, 0.3) is 11.3 Å². The van der Waals surface area contributed by atoms with E-state index in [0.29, 0.717) is 22.9 Å². The van der Waals surface area contributed by atoms with Crippen LogP contribution in [0.2, 0.25) is 0 Å². The van der Waals surface area contributed by atoms with E-state index in [2.05, 4.69) is 25.8 Å². The zero-order valence-electron chi connectivity index (χ0n) is 18.7. The number of anilines is 2. The number of urea groups is 1. The van der Waals surface area contributed by atoms with Gasteiger partial charge in [0.1, 0.15) is 11.5 Å². The molecule has 3 heterocycles. The second-order valence-corrected chi connectivity index (χ2v) is 7.81. The van der Waals surface area contributed by atoms with Gasteiger partial charge < -0.3 is 15.4 Å². The van der Waals surface area contributed by atoms with E-state index in [0.717, 1.165) is 5.56 Å².